The van der Waals surface area contributed by atoms with Crippen LogP contribution >= 0.6 is 11.3 Å². The number of Topliss-reactive ketones (excluding diaryl/α,β-unsaturated/α-hetero) is 1. The molecule has 35 heavy (non-hydrogen) atoms. The Morgan fingerprint density at radius 2 is 1.77 bits per heavy atom. The van der Waals surface area contributed by atoms with Gasteiger partial charge in [0.15, 0.2) is 0 Å². The fourth-order valence-corrected chi connectivity index (χ4v) is 4.77. The first-order valence-corrected chi connectivity index (χ1v) is 14.1. The molecule has 0 aromatic carbocycles. The molecule has 0 saturated carbocycles. The number of carbonyl (C=O) groups is 2. The van der Waals surface area contributed by atoms with Crippen molar-refractivity contribution in [3.63, 3.8) is 0 Å². The van der Waals surface area contributed by atoms with Gasteiger partial charge in [0.25, 0.3) is 0 Å². The minimum absolute atomic E-state index is 0.0416. The topological polar surface area (TPSA) is 56.3 Å². The van der Waals surface area contributed by atoms with Crippen LogP contribution in [0.4, 0.5) is 0 Å². The van der Waals surface area contributed by atoms with Crippen molar-refractivity contribution >= 4 is 29.2 Å². The van der Waals surface area contributed by atoms with Gasteiger partial charge in [-0.25, -0.2) is 4.98 Å². The Labute approximate surface area is 218 Å². The summed E-state index contributed by atoms with van der Waals surface area (Å²) in [5.41, 5.74) is 2.54. The van der Waals surface area contributed by atoms with Gasteiger partial charge >= 0.3 is 5.97 Å². The number of rotatable bonds is 14. The molecule has 1 rings (SSSR count). The summed E-state index contributed by atoms with van der Waals surface area (Å²) in [6.45, 7) is 22.7. The number of allylic oxidation sites excluding steroid dienone is 1. The second-order valence-electron chi connectivity index (χ2n) is 11.0. The number of nitrogens with zero attached hydrogens (tertiary/aromatic N) is 1. The zero-order chi connectivity index (χ0) is 26.9. The predicted molar refractivity (Wildman–Crippen MR) is 149 cm³/mol. The zero-order valence-electron chi connectivity index (χ0n) is 24.0. The summed E-state index contributed by atoms with van der Waals surface area (Å²) >= 11 is 1.61. The van der Waals surface area contributed by atoms with Crippen LogP contribution in [0, 0.1) is 36.0 Å². The third kappa shape index (κ3) is 9.33. The largest absolute Gasteiger partial charge is 0.457 e. The fraction of sp³-hybridized carbons (Fsp3) is 0.700. The summed E-state index contributed by atoms with van der Waals surface area (Å²) in [6, 6.07) is 0. The average molecular weight is 504 g/mol. The lowest BCUT2D eigenvalue weighted by Crippen LogP contribution is -2.39. The Kier molecular flexibility index (Phi) is 12.6. The van der Waals surface area contributed by atoms with Gasteiger partial charge in [0.2, 0.25) is 0 Å². The number of ether oxygens (including phenoxy) is 1. The van der Waals surface area contributed by atoms with Gasteiger partial charge in [0.1, 0.15) is 11.9 Å². The number of thiazole rings is 1. The maximum absolute atomic E-state index is 13.4. The van der Waals surface area contributed by atoms with Gasteiger partial charge in [0, 0.05) is 29.6 Å². The van der Waals surface area contributed by atoms with Crippen molar-refractivity contribution in [1.82, 2.24) is 4.98 Å². The van der Waals surface area contributed by atoms with E-state index in [0.29, 0.717) is 18.3 Å². The number of esters is 1. The predicted octanol–water partition coefficient (Wildman–Crippen LogP) is 8.45. The van der Waals surface area contributed by atoms with Gasteiger partial charge in [-0.2, -0.15) is 0 Å². The highest BCUT2D eigenvalue weighted by molar-refractivity contribution is 7.09. The molecule has 0 aliphatic rings. The number of carbonyl (C=O) groups excluding carboxylic acids is 2. The molecule has 5 atom stereocenters. The lowest BCUT2D eigenvalue weighted by molar-refractivity contribution is -0.150. The molecule has 0 unspecified atom stereocenters. The maximum Gasteiger partial charge on any atom is 0.306 e. The molecule has 0 bridgehead atoms. The quantitative estimate of drug-likeness (QED) is 0.189. The van der Waals surface area contributed by atoms with E-state index in [1.807, 2.05) is 53.0 Å². The van der Waals surface area contributed by atoms with Crippen LogP contribution in [0.2, 0.25) is 0 Å². The van der Waals surface area contributed by atoms with E-state index in [-0.39, 0.29) is 36.1 Å². The van der Waals surface area contributed by atoms with Crippen molar-refractivity contribution in [3.8, 4) is 0 Å². The summed E-state index contributed by atoms with van der Waals surface area (Å²) < 4.78 is 6.01. The van der Waals surface area contributed by atoms with Crippen molar-refractivity contribution < 1.29 is 14.3 Å². The fourth-order valence-electron chi connectivity index (χ4n) is 4.20. The van der Waals surface area contributed by atoms with E-state index < -0.39 is 5.41 Å². The monoisotopic (exact) mass is 503 g/mol. The van der Waals surface area contributed by atoms with Crippen molar-refractivity contribution in [2.45, 2.75) is 108 Å². The molecule has 0 N–H and O–H groups in total. The van der Waals surface area contributed by atoms with E-state index in [1.54, 1.807) is 11.3 Å². The molecule has 0 spiro atoms. The van der Waals surface area contributed by atoms with Crippen molar-refractivity contribution in [3.05, 3.63) is 33.3 Å². The van der Waals surface area contributed by atoms with Crippen LogP contribution in [0.1, 0.15) is 106 Å². The molecule has 1 heterocycles. The van der Waals surface area contributed by atoms with Gasteiger partial charge in [-0.1, -0.05) is 73.5 Å². The second-order valence-corrected chi connectivity index (χ2v) is 12.1. The number of aryl methyl sites for hydroxylation is 1. The van der Waals surface area contributed by atoms with Gasteiger partial charge in [-0.05, 0) is 56.6 Å². The van der Waals surface area contributed by atoms with Crippen molar-refractivity contribution in [2.24, 2.45) is 29.1 Å². The standard InChI is InChI=1S/C30H49NO3S/c1-12-19(3)14-15-27(21(5)16-26-18-35-25(9)31-26)34-28(32)17-22(6)30(10,11)29(33)24(8)23(7)20(4)13-2/h14,16,18,20,22-24,27H,12-13,15,17H2,1-11H3/b19-14-,21-16+/t20-,22-,23-,24+,27-/m0/s1. The SMILES string of the molecule is CC/C(C)=C\C[C@H](OC(=O)C[C@H](C)C(C)(C)C(=O)[C@H](C)[C@@H](C)[C@@H](C)CC)/C(C)=C/c1csc(C)n1. The molecule has 4 nitrogen and oxygen atoms in total. The first kappa shape index (κ1) is 31.3. The van der Waals surface area contributed by atoms with E-state index in [2.05, 4.69) is 45.7 Å². The van der Waals surface area contributed by atoms with Crippen LogP contribution in [0.15, 0.2) is 22.6 Å². The second kappa shape index (κ2) is 14.1. The molecule has 1 aromatic heterocycles. The van der Waals surface area contributed by atoms with E-state index in [4.69, 9.17) is 4.74 Å². The molecule has 5 heteroatoms. The number of hydrogen-bond donors (Lipinski definition) is 0. The van der Waals surface area contributed by atoms with Gasteiger partial charge in [-0.3, -0.25) is 9.59 Å². The minimum atomic E-state index is -0.600. The lowest BCUT2D eigenvalue weighted by atomic mass is 9.67. The number of hydrogen-bond acceptors (Lipinski definition) is 5. The molecular formula is C30H49NO3S. The number of ketones is 1. The Balaban J connectivity index is 2.98. The van der Waals surface area contributed by atoms with Crippen LogP contribution in [0.25, 0.3) is 6.08 Å². The first-order chi connectivity index (χ1) is 16.2. The lowest BCUT2D eigenvalue weighted by Gasteiger charge is -2.35. The molecule has 0 saturated heterocycles. The van der Waals surface area contributed by atoms with Crippen LogP contribution in [0.3, 0.4) is 0 Å². The van der Waals surface area contributed by atoms with Crippen molar-refractivity contribution in [2.75, 3.05) is 0 Å². The van der Waals surface area contributed by atoms with E-state index in [1.165, 1.54) is 5.57 Å². The molecule has 0 radical (unpaired) electrons. The summed E-state index contributed by atoms with van der Waals surface area (Å²) in [6.07, 6.45) is 6.69. The summed E-state index contributed by atoms with van der Waals surface area (Å²) in [7, 11) is 0. The van der Waals surface area contributed by atoms with Gasteiger partial charge < -0.3 is 4.74 Å². The Morgan fingerprint density at radius 3 is 2.29 bits per heavy atom. The summed E-state index contributed by atoms with van der Waals surface area (Å²) in [5, 5.41) is 3.03. The average Bonchev–Trinajstić information content (AvgIpc) is 3.23. The van der Waals surface area contributed by atoms with Crippen LogP contribution in [-0.4, -0.2) is 22.8 Å². The molecule has 0 aliphatic heterocycles. The van der Waals surface area contributed by atoms with Crippen LogP contribution in [-0.2, 0) is 14.3 Å². The highest BCUT2D eigenvalue weighted by Crippen LogP contribution is 2.37. The zero-order valence-corrected chi connectivity index (χ0v) is 24.8. The molecule has 0 fully saturated rings. The Morgan fingerprint density at radius 1 is 1.14 bits per heavy atom. The first-order valence-electron chi connectivity index (χ1n) is 13.2. The molecular weight excluding hydrogens is 454 g/mol. The summed E-state index contributed by atoms with van der Waals surface area (Å²) in [4.78, 5) is 31.0. The minimum Gasteiger partial charge on any atom is -0.457 e. The highest BCUT2D eigenvalue weighted by Gasteiger charge is 2.40. The molecule has 0 amide bonds. The molecule has 1 aromatic rings. The molecule has 0 aliphatic carbocycles. The van der Waals surface area contributed by atoms with E-state index in [0.717, 1.165) is 29.1 Å². The normalized spacial score (nSPS) is 17.5. The van der Waals surface area contributed by atoms with Crippen molar-refractivity contribution in [1.29, 1.82) is 0 Å². The number of aromatic nitrogens is 1. The molecule has 198 valence electrons. The Hall–Kier alpha value is -1.75. The highest BCUT2D eigenvalue weighted by atomic mass is 32.1. The van der Waals surface area contributed by atoms with Crippen LogP contribution < -0.4 is 0 Å². The van der Waals surface area contributed by atoms with Crippen LogP contribution in [0.5, 0.6) is 0 Å². The Bertz CT molecular complexity index is 895. The van der Waals surface area contributed by atoms with Gasteiger partial charge in [-0.15, -0.1) is 11.3 Å². The maximum atomic E-state index is 13.4. The smallest absolute Gasteiger partial charge is 0.306 e. The van der Waals surface area contributed by atoms with E-state index >= 15 is 0 Å². The third-order valence-electron chi connectivity index (χ3n) is 8.12. The summed E-state index contributed by atoms with van der Waals surface area (Å²) in [5.74, 6) is 0.621. The third-order valence-corrected chi connectivity index (χ3v) is 8.91. The van der Waals surface area contributed by atoms with E-state index in [9.17, 15) is 9.59 Å². The van der Waals surface area contributed by atoms with Gasteiger partial charge in [0.05, 0.1) is 10.7 Å².